The van der Waals surface area contributed by atoms with E-state index in [1.165, 1.54) is 39.7 Å². The van der Waals surface area contributed by atoms with Crippen LogP contribution in [-0.4, -0.2) is 44.9 Å². The van der Waals surface area contributed by atoms with E-state index in [2.05, 4.69) is 10.0 Å². The van der Waals surface area contributed by atoms with E-state index in [1.807, 2.05) is 6.07 Å². The molecule has 2 N–H and O–H groups in total. The molecule has 0 spiro atoms. The van der Waals surface area contributed by atoms with Gasteiger partial charge in [0.25, 0.3) is 5.91 Å². The van der Waals surface area contributed by atoms with Crippen molar-refractivity contribution in [3.63, 3.8) is 0 Å². The first-order valence-electron chi connectivity index (χ1n) is 9.80. The number of ether oxygens (including phenoxy) is 1. The van der Waals surface area contributed by atoms with E-state index in [0.29, 0.717) is 52.6 Å². The van der Waals surface area contributed by atoms with E-state index in [4.69, 9.17) is 27.9 Å². The Morgan fingerprint density at radius 2 is 1.76 bits per heavy atom. The zero-order valence-electron chi connectivity index (χ0n) is 17.1. The van der Waals surface area contributed by atoms with Crippen molar-refractivity contribution in [2.24, 2.45) is 0 Å². The van der Waals surface area contributed by atoms with Gasteiger partial charge in [-0.15, -0.1) is 11.3 Å². The number of morpholine rings is 1. The Hall–Kier alpha value is -1.79. The first-order valence-corrected chi connectivity index (χ1v) is 13.6. The number of sulfonamides is 1. The summed E-state index contributed by atoms with van der Waals surface area (Å²) in [7, 11) is -3.60. The second-order valence-corrected chi connectivity index (χ2v) is 12.1. The first-order chi connectivity index (χ1) is 15.8. The van der Waals surface area contributed by atoms with Crippen LogP contribution in [0.1, 0.15) is 10.4 Å². The van der Waals surface area contributed by atoms with Gasteiger partial charge in [0.15, 0.2) is 0 Å². The van der Waals surface area contributed by atoms with Crippen molar-refractivity contribution in [1.29, 1.82) is 0 Å². The molecule has 174 valence electrons. The van der Waals surface area contributed by atoms with Crippen LogP contribution in [0.3, 0.4) is 0 Å². The normalized spacial score (nSPS) is 14.7. The molecule has 1 fully saturated rings. The van der Waals surface area contributed by atoms with Gasteiger partial charge < -0.3 is 14.8 Å². The van der Waals surface area contributed by atoms with Gasteiger partial charge in [-0.2, -0.15) is 4.31 Å². The van der Waals surface area contributed by atoms with Gasteiger partial charge in [0.1, 0.15) is 0 Å². The fourth-order valence-corrected chi connectivity index (χ4v) is 6.68. The Labute approximate surface area is 210 Å². The molecule has 1 aliphatic heterocycles. The summed E-state index contributed by atoms with van der Waals surface area (Å²) in [6.45, 7) is 1.39. The average molecular weight is 545 g/mol. The molecule has 0 unspecified atom stereocenters. The summed E-state index contributed by atoms with van der Waals surface area (Å²) >= 11 is 14.8. The fraction of sp³-hybridized carbons (Fsp3) is 0.190. The van der Waals surface area contributed by atoms with Crippen LogP contribution in [0.2, 0.25) is 9.36 Å². The number of nitrogens with zero attached hydrogens (tertiary/aromatic N) is 1. The Balaban J connectivity index is 1.47. The van der Waals surface area contributed by atoms with E-state index in [1.54, 1.807) is 36.4 Å². The predicted octanol–water partition coefficient (Wildman–Crippen LogP) is 5.45. The van der Waals surface area contributed by atoms with Gasteiger partial charge in [-0.3, -0.25) is 4.79 Å². The average Bonchev–Trinajstić information content (AvgIpc) is 3.24. The summed E-state index contributed by atoms with van der Waals surface area (Å²) < 4.78 is 36.9. The van der Waals surface area contributed by atoms with Gasteiger partial charge in [0, 0.05) is 23.8 Å². The molecular weight excluding hydrogens is 525 g/mol. The van der Waals surface area contributed by atoms with E-state index in [0.717, 1.165) is 4.21 Å². The monoisotopic (exact) mass is 543 g/mol. The lowest BCUT2D eigenvalue weighted by Gasteiger charge is -2.26. The zero-order valence-corrected chi connectivity index (χ0v) is 21.0. The highest BCUT2D eigenvalue weighted by Gasteiger charge is 2.26. The molecule has 0 atom stereocenters. The fourth-order valence-electron chi connectivity index (χ4n) is 3.10. The van der Waals surface area contributed by atoms with Gasteiger partial charge in [-0.25, -0.2) is 8.42 Å². The number of hydrogen-bond acceptors (Lipinski definition) is 7. The molecule has 7 nitrogen and oxygen atoms in total. The van der Waals surface area contributed by atoms with Crippen LogP contribution < -0.4 is 10.0 Å². The minimum Gasteiger partial charge on any atom is -0.379 e. The van der Waals surface area contributed by atoms with Crippen molar-refractivity contribution < 1.29 is 17.9 Å². The molecule has 1 aromatic heterocycles. The summed E-state index contributed by atoms with van der Waals surface area (Å²) in [5, 5.41) is 3.21. The predicted molar refractivity (Wildman–Crippen MR) is 134 cm³/mol. The second-order valence-electron chi connectivity index (χ2n) is 6.95. The molecule has 2 aromatic carbocycles. The van der Waals surface area contributed by atoms with Crippen LogP contribution in [0, 0.1) is 0 Å². The van der Waals surface area contributed by atoms with Crippen molar-refractivity contribution in [3.05, 3.63) is 69.5 Å². The Kier molecular flexibility index (Phi) is 7.85. The van der Waals surface area contributed by atoms with Gasteiger partial charge in [0.05, 0.1) is 37.9 Å². The molecule has 0 bridgehead atoms. The number of rotatable bonds is 7. The van der Waals surface area contributed by atoms with E-state index < -0.39 is 10.0 Å². The summed E-state index contributed by atoms with van der Waals surface area (Å²) in [6.07, 6.45) is 0. The Bertz CT molecular complexity index is 1240. The topological polar surface area (TPSA) is 87.7 Å². The summed E-state index contributed by atoms with van der Waals surface area (Å²) in [6, 6.07) is 14.7. The quantitative estimate of drug-likeness (QED) is 0.385. The van der Waals surface area contributed by atoms with Crippen LogP contribution in [0.25, 0.3) is 0 Å². The molecule has 0 saturated carbocycles. The van der Waals surface area contributed by atoms with Gasteiger partial charge in [-0.1, -0.05) is 23.2 Å². The molecule has 0 radical (unpaired) electrons. The summed E-state index contributed by atoms with van der Waals surface area (Å²) in [5.41, 5.74) is 1.39. The third-order valence-electron chi connectivity index (χ3n) is 4.76. The van der Waals surface area contributed by atoms with Crippen molar-refractivity contribution in [2.45, 2.75) is 9.10 Å². The van der Waals surface area contributed by atoms with Gasteiger partial charge in [-0.05, 0) is 66.5 Å². The highest BCUT2D eigenvalue weighted by atomic mass is 35.5. The van der Waals surface area contributed by atoms with Crippen LogP contribution in [0.5, 0.6) is 0 Å². The summed E-state index contributed by atoms with van der Waals surface area (Å²) in [5.74, 6) is -0.381. The number of thiophene rings is 1. The minimum atomic E-state index is -3.60. The number of carbonyl (C=O) groups is 1. The summed E-state index contributed by atoms with van der Waals surface area (Å²) in [4.78, 5) is 13.1. The SMILES string of the molecule is O=C(Nc1ccc(S(=O)(=O)N2CCOCC2)cc1)c1cc(Cl)ccc1NSc1ccc(Cl)s1. The molecule has 1 amide bonds. The standard InChI is InChI=1S/C21H19Cl2N3O4S3/c22-14-1-6-18(25-32-20-8-7-19(23)31-20)17(13-14)21(27)24-15-2-4-16(5-3-15)33(28,29)26-9-11-30-12-10-26/h1-8,13,25H,9-12H2,(H,24,27). The molecule has 0 aliphatic carbocycles. The molecule has 1 aliphatic rings. The molecule has 3 aromatic rings. The molecule has 2 heterocycles. The van der Waals surface area contributed by atoms with Crippen molar-refractivity contribution in [1.82, 2.24) is 4.31 Å². The van der Waals surface area contributed by atoms with E-state index in [9.17, 15) is 13.2 Å². The second kappa shape index (κ2) is 10.6. The number of halogens is 2. The third-order valence-corrected chi connectivity index (χ3v) is 9.09. The molecule has 1 saturated heterocycles. The third kappa shape index (κ3) is 6.02. The maximum atomic E-state index is 13.0. The van der Waals surface area contributed by atoms with Gasteiger partial charge >= 0.3 is 0 Å². The van der Waals surface area contributed by atoms with Crippen LogP contribution >= 0.6 is 46.5 Å². The molecule has 33 heavy (non-hydrogen) atoms. The lowest BCUT2D eigenvalue weighted by Crippen LogP contribution is -2.40. The number of carbonyl (C=O) groups excluding carboxylic acids is 1. The largest absolute Gasteiger partial charge is 0.379 e. The molecular formula is C21H19Cl2N3O4S3. The lowest BCUT2D eigenvalue weighted by molar-refractivity contribution is 0.0730. The first kappa shape index (κ1) is 24.3. The Morgan fingerprint density at radius 3 is 2.42 bits per heavy atom. The number of amides is 1. The lowest BCUT2D eigenvalue weighted by atomic mass is 10.1. The van der Waals surface area contributed by atoms with E-state index in [-0.39, 0.29) is 10.8 Å². The van der Waals surface area contributed by atoms with Crippen molar-refractivity contribution in [3.8, 4) is 0 Å². The van der Waals surface area contributed by atoms with Crippen LogP contribution in [0.4, 0.5) is 11.4 Å². The molecule has 4 rings (SSSR count). The number of hydrogen-bond donors (Lipinski definition) is 2. The molecule has 12 heteroatoms. The maximum absolute atomic E-state index is 13.0. The smallest absolute Gasteiger partial charge is 0.257 e. The van der Waals surface area contributed by atoms with Crippen molar-refractivity contribution in [2.75, 3.05) is 36.3 Å². The van der Waals surface area contributed by atoms with Crippen molar-refractivity contribution >= 4 is 73.8 Å². The van der Waals surface area contributed by atoms with Crippen LogP contribution in [-0.2, 0) is 14.8 Å². The maximum Gasteiger partial charge on any atom is 0.257 e. The minimum absolute atomic E-state index is 0.165. The number of nitrogens with one attached hydrogen (secondary N) is 2. The number of anilines is 2. The van der Waals surface area contributed by atoms with E-state index >= 15 is 0 Å². The highest BCUT2D eigenvalue weighted by molar-refractivity contribution is 8.02. The highest BCUT2D eigenvalue weighted by Crippen LogP contribution is 2.33. The zero-order chi connectivity index (χ0) is 23.4. The Morgan fingerprint density at radius 1 is 1.03 bits per heavy atom. The number of benzene rings is 2. The van der Waals surface area contributed by atoms with Gasteiger partial charge in [0.2, 0.25) is 10.0 Å². The van der Waals surface area contributed by atoms with Crippen LogP contribution in [0.15, 0.2) is 63.7 Å².